The highest BCUT2D eigenvalue weighted by molar-refractivity contribution is 7.21. The Bertz CT molecular complexity index is 786. The molecule has 3 aromatic rings. The number of nitrogens with two attached hydrogens (primary N) is 1. The van der Waals surface area contributed by atoms with Gasteiger partial charge in [-0.15, -0.1) is 11.3 Å². The number of halogens is 1. The largest absolute Gasteiger partial charge is 0.396 e. The first kappa shape index (κ1) is 10.00. The van der Waals surface area contributed by atoms with Gasteiger partial charge in [0.25, 0.3) is 0 Å². The molecule has 1 aromatic carbocycles. The van der Waals surface area contributed by atoms with Crippen molar-refractivity contribution in [3.63, 3.8) is 0 Å². The first-order valence-corrected chi connectivity index (χ1v) is 5.68. The van der Waals surface area contributed by atoms with Crippen molar-refractivity contribution in [1.82, 2.24) is 4.98 Å². The molecule has 0 aliphatic heterocycles. The number of rotatable bonds is 0. The van der Waals surface area contributed by atoms with Gasteiger partial charge in [0.1, 0.15) is 16.8 Å². The van der Waals surface area contributed by atoms with Crippen molar-refractivity contribution in [2.45, 2.75) is 0 Å². The summed E-state index contributed by atoms with van der Waals surface area (Å²) in [6, 6.07) is 6.44. The Kier molecular flexibility index (Phi) is 2.00. The van der Waals surface area contributed by atoms with Gasteiger partial charge in [0.15, 0.2) is 0 Å². The molecule has 0 radical (unpaired) electrons. The Morgan fingerprint density at radius 2 is 2.18 bits per heavy atom. The first-order valence-electron chi connectivity index (χ1n) is 4.87. The summed E-state index contributed by atoms with van der Waals surface area (Å²) in [5.41, 5.74) is 6.95. The molecule has 5 heteroatoms. The van der Waals surface area contributed by atoms with E-state index < -0.39 is 0 Å². The molecule has 2 N–H and O–H groups in total. The summed E-state index contributed by atoms with van der Waals surface area (Å²) in [4.78, 5) is 4.65. The summed E-state index contributed by atoms with van der Waals surface area (Å²) in [6.07, 6.45) is 1.63. The average Bonchev–Trinajstić information content (AvgIpc) is 2.66. The van der Waals surface area contributed by atoms with Crippen molar-refractivity contribution in [1.29, 1.82) is 5.26 Å². The molecule has 17 heavy (non-hydrogen) atoms. The van der Waals surface area contributed by atoms with Crippen LogP contribution in [-0.4, -0.2) is 4.98 Å². The molecule has 0 atom stereocenters. The minimum absolute atomic E-state index is 0.322. The van der Waals surface area contributed by atoms with E-state index >= 15 is 0 Å². The van der Waals surface area contributed by atoms with Gasteiger partial charge in [-0.25, -0.2) is 4.39 Å². The van der Waals surface area contributed by atoms with Gasteiger partial charge in [-0.3, -0.25) is 4.98 Å². The Morgan fingerprint density at radius 3 is 2.94 bits per heavy atom. The molecule has 3 nitrogen and oxygen atoms in total. The predicted molar refractivity (Wildman–Crippen MR) is 66.2 cm³/mol. The van der Waals surface area contributed by atoms with Gasteiger partial charge >= 0.3 is 0 Å². The first-order chi connectivity index (χ1) is 8.20. The molecule has 0 saturated heterocycles. The van der Waals surface area contributed by atoms with Gasteiger partial charge in [0.2, 0.25) is 0 Å². The standard InChI is InChI=1S/C12H6FN3S/c13-6-1-2-9-7(3-6)12-8(5-16-9)11(15)10(4-14)17-12/h1-3,5H,15H2. The lowest BCUT2D eigenvalue weighted by molar-refractivity contribution is 0.630. The molecule has 0 saturated carbocycles. The van der Waals surface area contributed by atoms with Crippen LogP contribution in [0.25, 0.3) is 21.0 Å². The fourth-order valence-corrected chi connectivity index (χ4v) is 2.82. The molecule has 0 spiro atoms. The minimum Gasteiger partial charge on any atom is -0.396 e. The van der Waals surface area contributed by atoms with Crippen LogP contribution >= 0.6 is 11.3 Å². The Hall–Kier alpha value is -2.19. The number of nitrogen functional groups attached to an aromatic ring is 1. The molecule has 3 rings (SSSR count). The zero-order chi connectivity index (χ0) is 12.0. The van der Waals surface area contributed by atoms with Gasteiger partial charge in [0.05, 0.1) is 11.2 Å². The monoisotopic (exact) mass is 243 g/mol. The van der Waals surface area contributed by atoms with Crippen molar-refractivity contribution in [2.24, 2.45) is 0 Å². The van der Waals surface area contributed by atoms with Crippen molar-refractivity contribution in [3.8, 4) is 6.07 Å². The molecule has 0 fully saturated rings. The lowest BCUT2D eigenvalue weighted by Crippen LogP contribution is -1.86. The number of hydrogen-bond acceptors (Lipinski definition) is 4. The number of pyridine rings is 1. The summed E-state index contributed by atoms with van der Waals surface area (Å²) in [5.74, 6) is -0.322. The zero-order valence-electron chi connectivity index (χ0n) is 8.57. The van der Waals surface area contributed by atoms with Crippen molar-refractivity contribution < 1.29 is 4.39 Å². The lowest BCUT2D eigenvalue weighted by atomic mass is 10.1. The quantitative estimate of drug-likeness (QED) is 0.660. The van der Waals surface area contributed by atoms with Gasteiger partial charge in [-0.05, 0) is 18.2 Å². The number of aromatic nitrogens is 1. The van der Waals surface area contributed by atoms with E-state index in [1.807, 2.05) is 6.07 Å². The summed E-state index contributed by atoms with van der Waals surface area (Å²) in [5, 5.41) is 10.3. The van der Waals surface area contributed by atoms with E-state index in [0.29, 0.717) is 26.9 Å². The minimum atomic E-state index is -0.322. The molecular formula is C12H6FN3S. The number of nitriles is 1. The highest BCUT2D eigenvalue weighted by atomic mass is 32.1. The van der Waals surface area contributed by atoms with E-state index in [1.54, 1.807) is 12.3 Å². The molecule has 0 aliphatic rings. The molecular weight excluding hydrogens is 237 g/mol. The fourth-order valence-electron chi connectivity index (χ4n) is 1.80. The maximum atomic E-state index is 13.2. The van der Waals surface area contributed by atoms with E-state index in [4.69, 9.17) is 11.0 Å². The number of fused-ring (bicyclic) bond motifs is 3. The molecule has 0 bridgehead atoms. The topological polar surface area (TPSA) is 62.7 Å². The van der Waals surface area contributed by atoms with E-state index in [9.17, 15) is 4.39 Å². The molecule has 0 unspecified atom stereocenters. The smallest absolute Gasteiger partial charge is 0.129 e. The van der Waals surface area contributed by atoms with Crippen LogP contribution < -0.4 is 5.73 Å². The molecule has 2 heterocycles. The molecule has 2 aromatic heterocycles. The highest BCUT2D eigenvalue weighted by Crippen LogP contribution is 2.36. The highest BCUT2D eigenvalue weighted by Gasteiger charge is 2.12. The van der Waals surface area contributed by atoms with Gasteiger partial charge in [0, 0.05) is 21.7 Å². The zero-order valence-corrected chi connectivity index (χ0v) is 9.38. The lowest BCUT2D eigenvalue weighted by Gasteiger charge is -1.98. The predicted octanol–water partition coefficient (Wildman–Crippen LogP) is 3.04. The van der Waals surface area contributed by atoms with E-state index in [-0.39, 0.29) is 5.82 Å². The fraction of sp³-hybridized carbons (Fsp3) is 0. The summed E-state index contributed by atoms with van der Waals surface area (Å²) in [6.45, 7) is 0. The van der Waals surface area contributed by atoms with Crippen LogP contribution in [-0.2, 0) is 0 Å². The van der Waals surface area contributed by atoms with Crippen LogP contribution in [0.2, 0.25) is 0 Å². The second kappa shape index (κ2) is 3.40. The Morgan fingerprint density at radius 1 is 1.35 bits per heavy atom. The number of thiophene rings is 1. The van der Waals surface area contributed by atoms with Crippen LogP contribution in [0.3, 0.4) is 0 Å². The Labute approximate surface area is 99.9 Å². The number of anilines is 1. The van der Waals surface area contributed by atoms with Crippen LogP contribution in [0.4, 0.5) is 10.1 Å². The second-order valence-electron chi connectivity index (χ2n) is 3.62. The van der Waals surface area contributed by atoms with E-state index in [2.05, 4.69) is 4.98 Å². The molecule has 0 amide bonds. The SMILES string of the molecule is N#Cc1sc2c(cnc3ccc(F)cc32)c1N. The summed E-state index contributed by atoms with van der Waals surface area (Å²) < 4.78 is 14.0. The average molecular weight is 243 g/mol. The number of benzene rings is 1. The third kappa shape index (κ3) is 1.35. The van der Waals surface area contributed by atoms with Crippen molar-refractivity contribution in [3.05, 3.63) is 35.1 Å². The van der Waals surface area contributed by atoms with Crippen LogP contribution in [0, 0.1) is 17.1 Å². The van der Waals surface area contributed by atoms with Crippen molar-refractivity contribution in [2.75, 3.05) is 5.73 Å². The summed E-state index contributed by atoms with van der Waals surface area (Å²) >= 11 is 1.27. The van der Waals surface area contributed by atoms with Crippen LogP contribution in [0.15, 0.2) is 24.4 Å². The molecule has 0 aliphatic carbocycles. The number of hydrogen-bond donors (Lipinski definition) is 1. The van der Waals surface area contributed by atoms with Crippen LogP contribution in [0.5, 0.6) is 0 Å². The third-order valence-corrected chi connectivity index (χ3v) is 3.78. The maximum Gasteiger partial charge on any atom is 0.129 e. The molecule has 82 valence electrons. The normalized spacial score (nSPS) is 10.8. The van der Waals surface area contributed by atoms with Gasteiger partial charge in [-0.2, -0.15) is 5.26 Å². The maximum absolute atomic E-state index is 13.2. The van der Waals surface area contributed by atoms with Crippen molar-refractivity contribution >= 4 is 38.0 Å². The van der Waals surface area contributed by atoms with E-state index in [0.717, 1.165) is 4.70 Å². The van der Waals surface area contributed by atoms with E-state index in [1.165, 1.54) is 23.5 Å². The van der Waals surface area contributed by atoms with Gasteiger partial charge < -0.3 is 5.73 Å². The summed E-state index contributed by atoms with van der Waals surface area (Å²) in [7, 11) is 0. The van der Waals surface area contributed by atoms with Gasteiger partial charge in [-0.1, -0.05) is 0 Å². The Balaban J connectivity index is 2.56. The third-order valence-electron chi connectivity index (χ3n) is 2.62. The second-order valence-corrected chi connectivity index (χ2v) is 4.64. The number of nitrogens with zero attached hydrogens (tertiary/aromatic N) is 2. The van der Waals surface area contributed by atoms with Crippen LogP contribution in [0.1, 0.15) is 4.88 Å².